The molecule has 7 nitrogen and oxygen atoms in total. The monoisotopic (exact) mass is 466 g/mol. The van der Waals surface area contributed by atoms with Crippen LogP contribution in [0.2, 0.25) is 0 Å². The standard InChI is InChI=1S/C25H26N2O5S/c1-5-32-25(29)19-11-14-22(17(3)15-19)26-24(28)21-7-6-8-23(18(21)4)27-33(30,31)20-12-9-16(2)10-13-20/h6-15,27H,5H2,1-4H3,(H,26,28). The van der Waals surface area contributed by atoms with Gasteiger partial charge in [-0.05, 0) is 81.3 Å². The van der Waals surface area contributed by atoms with E-state index in [-0.39, 0.29) is 11.5 Å². The molecule has 3 aromatic carbocycles. The number of anilines is 2. The van der Waals surface area contributed by atoms with Crippen LogP contribution in [0.3, 0.4) is 0 Å². The molecular weight excluding hydrogens is 440 g/mol. The van der Waals surface area contributed by atoms with E-state index < -0.39 is 21.9 Å². The van der Waals surface area contributed by atoms with Crippen LogP contribution in [-0.4, -0.2) is 26.9 Å². The normalized spacial score (nSPS) is 11.0. The Labute approximate surface area is 193 Å². The molecule has 0 fully saturated rings. The van der Waals surface area contributed by atoms with Gasteiger partial charge in [-0.25, -0.2) is 13.2 Å². The summed E-state index contributed by atoms with van der Waals surface area (Å²) < 4.78 is 33.1. The highest BCUT2D eigenvalue weighted by atomic mass is 32.2. The van der Waals surface area contributed by atoms with Crippen LogP contribution in [0.25, 0.3) is 0 Å². The lowest BCUT2D eigenvalue weighted by Gasteiger charge is -2.15. The Kier molecular flexibility index (Phi) is 7.18. The van der Waals surface area contributed by atoms with Crippen LogP contribution in [0.1, 0.15) is 44.3 Å². The zero-order valence-corrected chi connectivity index (χ0v) is 19.7. The smallest absolute Gasteiger partial charge is 0.338 e. The Morgan fingerprint density at radius 3 is 2.24 bits per heavy atom. The fourth-order valence-corrected chi connectivity index (χ4v) is 4.37. The molecule has 0 aliphatic heterocycles. The third-order valence-corrected chi connectivity index (χ3v) is 6.52. The number of amides is 1. The highest BCUT2D eigenvalue weighted by molar-refractivity contribution is 7.92. The van der Waals surface area contributed by atoms with Crippen molar-refractivity contribution in [2.24, 2.45) is 0 Å². The van der Waals surface area contributed by atoms with Crippen molar-refractivity contribution >= 4 is 33.3 Å². The van der Waals surface area contributed by atoms with E-state index in [1.807, 2.05) is 6.92 Å². The maximum atomic E-state index is 13.0. The molecule has 3 aromatic rings. The minimum atomic E-state index is -3.80. The highest BCUT2D eigenvalue weighted by Gasteiger charge is 2.19. The summed E-state index contributed by atoms with van der Waals surface area (Å²) in [5.74, 6) is -0.821. The summed E-state index contributed by atoms with van der Waals surface area (Å²) in [6.07, 6.45) is 0. The Bertz CT molecular complexity index is 1300. The Morgan fingerprint density at radius 1 is 0.909 bits per heavy atom. The first kappa shape index (κ1) is 24.0. The van der Waals surface area contributed by atoms with Gasteiger partial charge in [-0.1, -0.05) is 23.8 Å². The summed E-state index contributed by atoms with van der Waals surface area (Å²) in [5.41, 5.74) is 3.73. The summed E-state index contributed by atoms with van der Waals surface area (Å²) in [4.78, 5) is 25.0. The second kappa shape index (κ2) is 9.87. The molecular formula is C25H26N2O5S. The zero-order chi connectivity index (χ0) is 24.2. The predicted molar refractivity (Wildman–Crippen MR) is 128 cm³/mol. The van der Waals surface area contributed by atoms with Gasteiger partial charge in [0.1, 0.15) is 0 Å². The molecule has 3 rings (SSSR count). The predicted octanol–water partition coefficient (Wildman–Crippen LogP) is 4.84. The number of aryl methyl sites for hydroxylation is 2. The van der Waals surface area contributed by atoms with Crippen molar-refractivity contribution in [2.45, 2.75) is 32.6 Å². The van der Waals surface area contributed by atoms with Crippen LogP contribution in [0.5, 0.6) is 0 Å². The van der Waals surface area contributed by atoms with Gasteiger partial charge in [0.25, 0.3) is 15.9 Å². The van der Waals surface area contributed by atoms with Gasteiger partial charge in [-0.15, -0.1) is 0 Å². The van der Waals surface area contributed by atoms with Crippen molar-refractivity contribution < 1.29 is 22.7 Å². The fourth-order valence-electron chi connectivity index (χ4n) is 3.25. The van der Waals surface area contributed by atoms with E-state index in [9.17, 15) is 18.0 Å². The maximum Gasteiger partial charge on any atom is 0.338 e. The van der Waals surface area contributed by atoms with Crippen LogP contribution in [0.4, 0.5) is 11.4 Å². The summed E-state index contributed by atoms with van der Waals surface area (Å²) in [5, 5.41) is 2.83. The lowest BCUT2D eigenvalue weighted by atomic mass is 10.1. The van der Waals surface area contributed by atoms with Gasteiger partial charge >= 0.3 is 5.97 Å². The van der Waals surface area contributed by atoms with Gasteiger partial charge in [-0.3, -0.25) is 9.52 Å². The minimum absolute atomic E-state index is 0.139. The van der Waals surface area contributed by atoms with Crippen LogP contribution < -0.4 is 10.0 Å². The average Bonchev–Trinajstić information content (AvgIpc) is 2.77. The first-order valence-electron chi connectivity index (χ1n) is 10.4. The number of esters is 1. The van der Waals surface area contributed by atoms with Crippen LogP contribution in [-0.2, 0) is 14.8 Å². The zero-order valence-electron chi connectivity index (χ0n) is 18.9. The van der Waals surface area contributed by atoms with E-state index in [0.29, 0.717) is 33.6 Å². The average molecular weight is 467 g/mol. The number of hydrogen-bond acceptors (Lipinski definition) is 5. The number of carbonyl (C=O) groups is 2. The molecule has 0 bridgehead atoms. The maximum absolute atomic E-state index is 13.0. The van der Waals surface area contributed by atoms with Crippen molar-refractivity contribution in [2.75, 3.05) is 16.6 Å². The second-order valence-electron chi connectivity index (χ2n) is 7.60. The Balaban J connectivity index is 1.82. The van der Waals surface area contributed by atoms with E-state index in [1.165, 1.54) is 12.1 Å². The molecule has 0 atom stereocenters. The van der Waals surface area contributed by atoms with Gasteiger partial charge in [-0.2, -0.15) is 0 Å². The van der Waals surface area contributed by atoms with Gasteiger partial charge in [0, 0.05) is 11.3 Å². The van der Waals surface area contributed by atoms with Crippen LogP contribution in [0, 0.1) is 20.8 Å². The van der Waals surface area contributed by atoms with E-state index in [2.05, 4.69) is 10.0 Å². The molecule has 0 aromatic heterocycles. The lowest BCUT2D eigenvalue weighted by molar-refractivity contribution is 0.0526. The van der Waals surface area contributed by atoms with E-state index in [4.69, 9.17) is 4.74 Å². The molecule has 0 saturated carbocycles. The number of ether oxygens (including phenoxy) is 1. The quantitative estimate of drug-likeness (QED) is 0.485. The molecule has 0 spiro atoms. The second-order valence-corrected chi connectivity index (χ2v) is 9.28. The number of rotatable bonds is 7. The van der Waals surface area contributed by atoms with E-state index >= 15 is 0 Å². The molecule has 0 unspecified atom stereocenters. The Hall–Kier alpha value is -3.65. The molecule has 0 heterocycles. The molecule has 33 heavy (non-hydrogen) atoms. The molecule has 2 N–H and O–H groups in total. The van der Waals surface area contributed by atoms with Crippen molar-refractivity contribution in [3.63, 3.8) is 0 Å². The fraction of sp³-hybridized carbons (Fsp3) is 0.200. The van der Waals surface area contributed by atoms with Gasteiger partial charge < -0.3 is 10.1 Å². The SMILES string of the molecule is CCOC(=O)c1ccc(NC(=O)c2cccc(NS(=O)(=O)c3ccc(C)cc3)c2C)c(C)c1. The van der Waals surface area contributed by atoms with Crippen molar-refractivity contribution in [3.8, 4) is 0 Å². The van der Waals surface area contributed by atoms with Crippen LogP contribution >= 0.6 is 0 Å². The van der Waals surface area contributed by atoms with Gasteiger partial charge in [0.15, 0.2) is 0 Å². The number of hydrogen-bond donors (Lipinski definition) is 2. The van der Waals surface area contributed by atoms with Gasteiger partial charge in [0.05, 0.1) is 22.8 Å². The van der Waals surface area contributed by atoms with E-state index in [0.717, 1.165) is 5.56 Å². The molecule has 172 valence electrons. The topological polar surface area (TPSA) is 102 Å². The Morgan fingerprint density at radius 2 is 1.61 bits per heavy atom. The largest absolute Gasteiger partial charge is 0.462 e. The van der Waals surface area contributed by atoms with Crippen molar-refractivity contribution in [3.05, 3.63) is 88.5 Å². The molecule has 0 aliphatic rings. The van der Waals surface area contributed by atoms with E-state index in [1.54, 1.807) is 69.3 Å². The van der Waals surface area contributed by atoms with Crippen molar-refractivity contribution in [1.29, 1.82) is 0 Å². The summed E-state index contributed by atoms with van der Waals surface area (Å²) >= 11 is 0. The summed E-state index contributed by atoms with van der Waals surface area (Å²) in [6, 6.07) is 16.2. The number of benzene rings is 3. The summed E-state index contributed by atoms with van der Waals surface area (Å²) in [6.45, 7) is 7.34. The molecule has 0 radical (unpaired) electrons. The third-order valence-electron chi connectivity index (χ3n) is 5.14. The molecule has 8 heteroatoms. The molecule has 1 amide bonds. The summed E-state index contributed by atoms with van der Waals surface area (Å²) in [7, 11) is -3.80. The number of carbonyl (C=O) groups excluding carboxylic acids is 2. The van der Waals surface area contributed by atoms with Gasteiger partial charge in [0.2, 0.25) is 0 Å². The third kappa shape index (κ3) is 5.59. The minimum Gasteiger partial charge on any atom is -0.462 e. The van der Waals surface area contributed by atoms with Crippen LogP contribution in [0.15, 0.2) is 65.6 Å². The molecule has 0 aliphatic carbocycles. The lowest BCUT2D eigenvalue weighted by Crippen LogP contribution is -2.18. The first-order valence-corrected chi connectivity index (χ1v) is 11.9. The first-order chi connectivity index (χ1) is 15.6. The highest BCUT2D eigenvalue weighted by Crippen LogP contribution is 2.25. The number of sulfonamides is 1. The number of nitrogens with one attached hydrogen (secondary N) is 2. The van der Waals surface area contributed by atoms with Crippen molar-refractivity contribution in [1.82, 2.24) is 0 Å². The molecule has 0 saturated heterocycles.